The minimum Gasteiger partial charge on any atom is -0.457 e. The van der Waals surface area contributed by atoms with E-state index in [0.717, 1.165) is 42.9 Å². The molecule has 1 amide bonds. The van der Waals surface area contributed by atoms with Gasteiger partial charge >= 0.3 is 0 Å². The van der Waals surface area contributed by atoms with Crippen molar-refractivity contribution in [3.05, 3.63) is 60.2 Å². The lowest BCUT2D eigenvalue weighted by Gasteiger charge is -2.17. The highest BCUT2D eigenvalue weighted by atomic mass is 32.1. The number of benzene rings is 2. The predicted molar refractivity (Wildman–Crippen MR) is 109 cm³/mol. The van der Waals surface area contributed by atoms with E-state index in [2.05, 4.69) is 12.6 Å². The highest BCUT2D eigenvalue weighted by Crippen LogP contribution is 2.26. The van der Waals surface area contributed by atoms with Crippen molar-refractivity contribution in [3.8, 4) is 11.5 Å². The molecule has 1 heterocycles. The van der Waals surface area contributed by atoms with E-state index in [9.17, 15) is 9.59 Å². The van der Waals surface area contributed by atoms with Gasteiger partial charge in [0, 0.05) is 25.9 Å². The number of carbonyl (C=O) groups is 2. The number of ether oxygens (including phenoxy) is 1. The predicted octanol–water partition coefficient (Wildman–Crippen LogP) is 4.84. The lowest BCUT2D eigenvalue weighted by atomic mass is 10.0. The van der Waals surface area contributed by atoms with Crippen molar-refractivity contribution in [1.29, 1.82) is 0 Å². The van der Waals surface area contributed by atoms with Crippen LogP contribution in [-0.2, 0) is 16.1 Å². The van der Waals surface area contributed by atoms with Crippen LogP contribution in [-0.4, -0.2) is 22.5 Å². The summed E-state index contributed by atoms with van der Waals surface area (Å²) in [7, 11) is 0. The second-order valence-electron chi connectivity index (χ2n) is 7.04. The fourth-order valence-corrected chi connectivity index (χ4v) is 3.58. The molecule has 1 aliphatic rings. The number of thiol groups is 1. The van der Waals surface area contributed by atoms with Gasteiger partial charge in [0.15, 0.2) is 5.12 Å². The normalized spacial score (nSPS) is 16.6. The Kier molecular flexibility index (Phi) is 6.93. The minimum absolute atomic E-state index is 0.0567. The van der Waals surface area contributed by atoms with Crippen molar-refractivity contribution >= 4 is 23.7 Å². The van der Waals surface area contributed by atoms with Crippen LogP contribution < -0.4 is 4.74 Å². The molecule has 1 saturated heterocycles. The number of likely N-dealkylation sites (tertiary alicyclic amines) is 1. The van der Waals surface area contributed by atoms with Crippen molar-refractivity contribution in [3.63, 3.8) is 0 Å². The van der Waals surface area contributed by atoms with Crippen molar-refractivity contribution < 1.29 is 14.3 Å². The van der Waals surface area contributed by atoms with Crippen LogP contribution in [0.4, 0.5) is 0 Å². The monoisotopic (exact) mass is 383 g/mol. The Hall–Kier alpha value is -2.27. The van der Waals surface area contributed by atoms with Crippen LogP contribution in [0.1, 0.15) is 37.7 Å². The molecule has 1 aliphatic heterocycles. The molecule has 27 heavy (non-hydrogen) atoms. The van der Waals surface area contributed by atoms with Gasteiger partial charge in [0.25, 0.3) is 0 Å². The Morgan fingerprint density at radius 3 is 2.44 bits per heavy atom. The van der Waals surface area contributed by atoms with Gasteiger partial charge < -0.3 is 9.64 Å². The average molecular weight is 384 g/mol. The molecular formula is C22H25NO3S. The van der Waals surface area contributed by atoms with Gasteiger partial charge in [-0.05, 0) is 48.6 Å². The van der Waals surface area contributed by atoms with Gasteiger partial charge in [-0.2, -0.15) is 0 Å². The zero-order chi connectivity index (χ0) is 19.1. The number of hydrogen-bond donors (Lipinski definition) is 1. The summed E-state index contributed by atoms with van der Waals surface area (Å²) in [6.45, 7) is 1.44. The third kappa shape index (κ3) is 6.14. The quantitative estimate of drug-likeness (QED) is 0.498. The van der Waals surface area contributed by atoms with E-state index in [1.807, 2.05) is 59.5 Å². The van der Waals surface area contributed by atoms with Gasteiger partial charge in [-0.3, -0.25) is 9.59 Å². The molecule has 3 rings (SSSR count). The van der Waals surface area contributed by atoms with Gasteiger partial charge in [0.05, 0.1) is 0 Å². The topological polar surface area (TPSA) is 46.6 Å². The Bertz CT molecular complexity index is 761. The first-order chi connectivity index (χ1) is 13.1. The molecule has 0 spiro atoms. The molecule has 1 fully saturated rings. The summed E-state index contributed by atoms with van der Waals surface area (Å²) >= 11 is 3.79. The summed E-state index contributed by atoms with van der Waals surface area (Å²) in [6.07, 6.45) is 3.96. The largest absolute Gasteiger partial charge is 0.457 e. The molecule has 1 atom stereocenters. The number of nitrogens with zero attached hydrogens (tertiary/aromatic N) is 1. The molecule has 1 unspecified atom stereocenters. The first-order valence-corrected chi connectivity index (χ1v) is 9.86. The van der Waals surface area contributed by atoms with Crippen molar-refractivity contribution in [2.45, 2.75) is 38.6 Å². The van der Waals surface area contributed by atoms with Crippen LogP contribution in [0.5, 0.6) is 11.5 Å². The molecule has 0 bridgehead atoms. The highest BCUT2D eigenvalue weighted by Gasteiger charge is 2.28. The fraction of sp³-hybridized carbons (Fsp3) is 0.364. The Morgan fingerprint density at radius 1 is 1.04 bits per heavy atom. The number of hydrogen-bond acceptors (Lipinski definition) is 3. The van der Waals surface area contributed by atoms with Crippen LogP contribution in [0, 0.1) is 5.92 Å². The zero-order valence-electron chi connectivity index (χ0n) is 15.3. The summed E-state index contributed by atoms with van der Waals surface area (Å²) in [5.74, 6) is 2.21. The first-order valence-electron chi connectivity index (χ1n) is 9.41. The van der Waals surface area contributed by atoms with Crippen LogP contribution in [0.25, 0.3) is 0 Å². The third-order valence-electron chi connectivity index (χ3n) is 4.82. The molecule has 0 radical (unpaired) electrons. The van der Waals surface area contributed by atoms with Gasteiger partial charge in [0.1, 0.15) is 11.5 Å². The SMILES string of the molecule is O=C(S)CCCCC1CC(=O)N(Cc2ccc(Oc3ccccc3)cc2)C1. The molecule has 142 valence electrons. The van der Waals surface area contributed by atoms with Crippen molar-refractivity contribution in [2.24, 2.45) is 5.92 Å². The maximum atomic E-state index is 12.3. The van der Waals surface area contributed by atoms with E-state index in [-0.39, 0.29) is 11.0 Å². The molecule has 5 heteroatoms. The average Bonchev–Trinajstić information content (AvgIpc) is 3.00. The standard InChI is InChI=1S/C22H25NO3S/c24-21-14-18(6-4-5-9-22(25)27)16-23(21)15-17-10-12-20(13-11-17)26-19-7-2-1-3-8-19/h1-3,7-8,10-13,18H,4-6,9,14-16H2,(H,25,27). The number of rotatable bonds is 9. The van der Waals surface area contributed by atoms with Crippen LogP contribution in [0.3, 0.4) is 0 Å². The zero-order valence-corrected chi connectivity index (χ0v) is 16.2. The van der Waals surface area contributed by atoms with E-state index < -0.39 is 0 Å². The smallest absolute Gasteiger partial charge is 0.223 e. The minimum atomic E-state index is -0.0567. The molecule has 0 aromatic heterocycles. The fourth-order valence-electron chi connectivity index (χ4n) is 3.42. The second kappa shape index (κ2) is 9.60. The lowest BCUT2D eigenvalue weighted by molar-refractivity contribution is -0.128. The van der Waals surface area contributed by atoms with Gasteiger partial charge in [-0.1, -0.05) is 36.8 Å². The van der Waals surface area contributed by atoms with E-state index in [4.69, 9.17) is 4.74 Å². The Morgan fingerprint density at radius 2 is 1.74 bits per heavy atom. The first kappa shape index (κ1) is 19.5. The van der Waals surface area contributed by atoms with Gasteiger partial charge in [0.2, 0.25) is 5.91 Å². The second-order valence-corrected chi connectivity index (χ2v) is 7.54. The molecular weight excluding hydrogens is 358 g/mol. The molecule has 4 nitrogen and oxygen atoms in total. The van der Waals surface area contributed by atoms with E-state index in [1.54, 1.807) is 0 Å². The number of carbonyl (C=O) groups excluding carboxylic acids is 2. The highest BCUT2D eigenvalue weighted by molar-refractivity contribution is 7.96. The van der Waals surface area contributed by atoms with Crippen molar-refractivity contribution in [2.75, 3.05) is 6.54 Å². The van der Waals surface area contributed by atoms with Crippen LogP contribution >= 0.6 is 12.6 Å². The van der Waals surface area contributed by atoms with E-state index >= 15 is 0 Å². The maximum Gasteiger partial charge on any atom is 0.223 e. The summed E-state index contributed by atoms with van der Waals surface area (Å²) in [5.41, 5.74) is 1.10. The number of amides is 1. The maximum absolute atomic E-state index is 12.3. The molecule has 2 aromatic rings. The summed E-state index contributed by atoms with van der Waals surface area (Å²) in [6, 6.07) is 17.6. The Labute approximate surface area is 165 Å². The summed E-state index contributed by atoms with van der Waals surface area (Å²) in [5, 5.41) is -0.0567. The number of para-hydroxylation sites is 1. The molecule has 0 N–H and O–H groups in total. The number of unbranched alkanes of at least 4 members (excludes halogenated alkanes) is 1. The summed E-state index contributed by atoms with van der Waals surface area (Å²) < 4.78 is 5.80. The molecule has 0 aliphatic carbocycles. The van der Waals surface area contributed by atoms with Crippen LogP contribution in [0.2, 0.25) is 0 Å². The van der Waals surface area contributed by atoms with Crippen LogP contribution in [0.15, 0.2) is 54.6 Å². The van der Waals surface area contributed by atoms with Gasteiger partial charge in [-0.25, -0.2) is 0 Å². The molecule has 2 aromatic carbocycles. The van der Waals surface area contributed by atoms with E-state index in [1.165, 1.54) is 0 Å². The lowest BCUT2D eigenvalue weighted by Crippen LogP contribution is -2.24. The summed E-state index contributed by atoms with van der Waals surface area (Å²) in [4.78, 5) is 25.1. The van der Waals surface area contributed by atoms with E-state index in [0.29, 0.717) is 25.3 Å². The Balaban J connectivity index is 1.47. The van der Waals surface area contributed by atoms with Crippen molar-refractivity contribution in [1.82, 2.24) is 4.90 Å². The molecule has 0 saturated carbocycles. The van der Waals surface area contributed by atoms with Gasteiger partial charge in [-0.15, -0.1) is 12.6 Å². The third-order valence-corrected chi connectivity index (χ3v) is 5.05.